The number of piperidine rings is 1. The van der Waals surface area contributed by atoms with E-state index >= 15 is 0 Å². The summed E-state index contributed by atoms with van der Waals surface area (Å²) >= 11 is 0. The summed E-state index contributed by atoms with van der Waals surface area (Å²) in [7, 11) is 2.14. The van der Waals surface area contributed by atoms with E-state index in [1.54, 1.807) is 6.92 Å². The lowest BCUT2D eigenvalue weighted by atomic mass is 9.79. The minimum Gasteiger partial charge on any atom is -0.343 e. The third-order valence-electron chi connectivity index (χ3n) is 4.99. The van der Waals surface area contributed by atoms with E-state index in [-0.39, 0.29) is 29.2 Å². The van der Waals surface area contributed by atoms with Gasteiger partial charge in [0.05, 0.1) is 0 Å². The summed E-state index contributed by atoms with van der Waals surface area (Å²) in [4.78, 5) is 29.0. The molecule has 0 saturated carbocycles. The van der Waals surface area contributed by atoms with Crippen molar-refractivity contribution >= 4 is 11.8 Å². The number of amides is 2. The van der Waals surface area contributed by atoms with E-state index in [9.17, 15) is 9.59 Å². The van der Waals surface area contributed by atoms with E-state index < -0.39 is 6.04 Å². The van der Waals surface area contributed by atoms with Crippen molar-refractivity contribution in [3.05, 3.63) is 0 Å². The molecule has 2 rings (SSSR count). The molecule has 1 N–H and O–H groups in total. The van der Waals surface area contributed by atoms with Crippen molar-refractivity contribution in [2.75, 3.05) is 26.7 Å². The lowest BCUT2D eigenvalue weighted by Gasteiger charge is -2.46. The predicted molar refractivity (Wildman–Crippen MR) is 82.8 cm³/mol. The van der Waals surface area contributed by atoms with Crippen LogP contribution in [-0.2, 0) is 9.59 Å². The van der Waals surface area contributed by atoms with Crippen molar-refractivity contribution in [2.24, 2.45) is 11.3 Å². The summed E-state index contributed by atoms with van der Waals surface area (Å²) in [6, 6.07) is -0.729. The molecule has 2 heterocycles. The van der Waals surface area contributed by atoms with Crippen LogP contribution in [0.25, 0.3) is 0 Å². The first kappa shape index (κ1) is 16.3. The van der Waals surface area contributed by atoms with Gasteiger partial charge in [-0.25, -0.2) is 0 Å². The number of hydrogen-bond acceptors (Lipinski definition) is 3. The molecule has 0 spiro atoms. The highest BCUT2D eigenvalue weighted by molar-refractivity contribution is 5.96. The van der Waals surface area contributed by atoms with Crippen LogP contribution in [0.4, 0.5) is 0 Å². The summed E-state index contributed by atoms with van der Waals surface area (Å²) in [5.74, 6) is 0.193. The Hall–Kier alpha value is -1.10. The van der Waals surface area contributed by atoms with E-state index in [1.165, 1.54) is 0 Å². The number of carbonyl (C=O) groups excluding carboxylic acids is 2. The maximum absolute atomic E-state index is 12.6. The number of piperazine rings is 1. The molecule has 0 aliphatic carbocycles. The van der Waals surface area contributed by atoms with Crippen LogP contribution in [-0.4, -0.2) is 60.4 Å². The van der Waals surface area contributed by atoms with E-state index in [0.717, 1.165) is 25.9 Å². The van der Waals surface area contributed by atoms with E-state index in [2.05, 4.69) is 24.2 Å². The Kier molecular flexibility index (Phi) is 4.61. The number of hydrogen-bond donors (Lipinski definition) is 1. The highest BCUT2D eigenvalue weighted by Gasteiger charge is 2.43. The average Bonchev–Trinajstić information content (AvgIpc) is 2.39. The second-order valence-electron chi connectivity index (χ2n) is 7.50. The van der Waals surface area contributed by atoms with Gasteiger partial charge in [-0.15, -0.1) is 0 Å². The molecule has 0 aromatic rings. The first-order valence-corrected chi connectivity index (χ1v) is 8.03. The summed E-state index contributed by atoms with van der Waals surface area (Å²) in [5.41, 5.74) is 0.118. The fourth-order valence-corrected chi connectivity index (χ4v) is 3.45. The fraction of sp³-hybridized carbons (Fsp3) is 0.875. The average molecular weight is 295 g/mol. The van der Waals surface area contributed by atoms with Crippen molar-refractivity contribution in [2.45, 2.75) is 52.6 Å². The van der Waals surface area contributed by atoms with Crippen LogP contribution in [0.2, 0.25) is 0 Å². The third kappa shape index (κ3) is 3.39. The Morgan fingerprint density at radius 3 is 2.38 bits per heavy atom. The molecule has 120 valence electrons. The quantitative estimate of drug-likeness (QED) is 0.848. The molecule has 2 atom stereocenters. The first-order valence-electron chi connectivity index (χ1n) is 8.03. The summed E-state index contributed by atoms with van der Waals surface area (Å²) in [6.07, 6.45) is 2.15. The van der Waals surface area contributed by atoms with Gasteiger partial charge in [0.2, 0.25) is 11.8 Å². The molecule has 0 aromatic carbocycles. The molecule has 5 heteroatoms. The van der Waals surface area contributed by atoms with Gasteiger partial charge in [0.25, 0.3) is 0 Å². The zero-order valence-electron chi connectivity index (χ0n) is 14.0. The van der Waals surface area contributed by atoms with Crippen LogP contribution >= 0.6 is 0 Å². The van der Waals surface area contributed by atoms with Crippen molar-refractivity contribution < 1.29 is 9.59 Å². The minimum atomic E-state index is -0.401. The second kappa shape index (κ2) is 5.95. The van der Waals surface area contributed by atoms with Gasteiger partial charge in [0.1, 0.15) is 12.1 Å². The van der Waals surface area contributed by atoms with Gasteiger partial charge in [0, 0.05) is 6.54 Å². The zero-order valence-corrected chi connectivity index (χ0v) is 14.0. The first-order chi connectivity index (χ1) is 9.73. The molecule has 2 aliphatic rings. The van der Waals surface area contributed by atoms with Crippen LogP contribution in [0.1, 0.15) is 40.5 Å². The Morgan fingerprint density at radius 1 is 1.29 bits per heavy atom. The zero-order chi connectivity index (χ0) is 15.8. The van der Waals surface area contributed by atoms with Gasteiger partial charge in [-0.2, -0.15) is 0 Å². The third-order valence-corrected chi connectivity index (χ3v) is 4.99. The number of likely N-dealkylation sites (tertiary alicyclic amines) is 1. The molecule has 0 aromatic heterocycles. The molecule has 2 aliphatic heterocycles. The monoisotopic (exact) mass is 295 g/mol. The number of nitrogens with zero attached hydrogens (tertiary/aromatic N) is 2. The lowest BCUT2D eigenvalue weighted by molar-refractivity contribution is -0.153. The summed E-state index contributed by atoms with van der Waals surface area (Å²) in [5, 5.41) is 2.81. The number of carbonyl (C=O) groups is 2. The predicted octanol–water partition coefficient (Wildman–Crippen LogP) is 1.09. The van der Waals surface area contributed by atoms with Gasteiger partial charge < -0.3 is 15.1 Å². The van der Waals surface area contributed by atoms with Crippen molar-refractivity contribution in [3.8, 4) is 0 Å². The molecule has 21 heavy (non-hydrogen) atoms. The Labute approximate surface area is 128 Å². The maximum Gasteiger partial charge on any atom is 0.245 e. The molecular formula is C16H29N3O2. The molecule has 2 fully saturated rings. The standard InChI is InChI=1S/C16H29N3O2/c1-11(2)13-14(20)17-12(3)15(21)19(13)10-16(4)6-8-18(5)9-7-16/h11-13H,6-10H2,1-5H3,(H,17,20). The second-order valence-corrected chi connectivity index (χ2v) is 7.50. The van der Waals surface area contributed by atoms with Crippen LogP contribution < -0.4 is 5.32 Å². The minimum absolute atomic E-state index is 0.00590. The summed E-state index contributed by atoms with van der Waals surface area (Å²) in [6.45, 7) is 10.9. The van der Waals surface area contributed by atoms with Gasteiger partial charge in [-0.1, -0.05) is 20.8 Å². The van der Waals surface area contributed by atoms with Crippen LogP contribution in [0.15, 0.2) is 0 Å². The molecule has 2 amide bonds. The van der Waals surface area contributed by atoms with Crippen LogP contribution in [0, 0.1) is 11.3 Å². The fourth-order valence-electron chi connectivity index (χ4n) is 3.45. The molecule has 5 nitrogen and oxygen atoms in total. The molecule has 0 bridgehead atoms. The Bertz CT molecular complexity index is 414. The molecule has 2 saturated heterocycles. The van der Waals surface area contributed by atoms with Gasteiger partial charge >= 0.3 is 0 Å². The lowest BCUT2D eigenvalue weighted by Crippen LogP contribution is -2.65. The van der Waals surface area contributed by atoms with Gasteiger partial charge in [-0.3, -0.25) is 9.59 Å². The number of nitrogens with one attached hydrogen (secondary N) is 1. The number of rotatable bonds is 3. The largest absolute Gasteiger partial charge is 0.343 e. The van der Waals surface area contributed by atoms with Crippen LogP contribution in [0.5, 0.6) is 0 Å². The normalized spacial score (nSPS) is 30.7. The topological polar surface area (TPSA) is 52.7 Å². The van der Waals surface area contributed by atoms with Crippen LogP contribution in [0.3, 0.4) is 0 Å². The van der Waals surface area contributed by atoms with Crippen molar-refractivity contribution in [1.82, 2.24) is 15.1 Å². The van der Waals surface area contributed by atoms with Gasteiger partial charge in [-0.05, 0) is 51.2 Å². The van der Waals surface area contributed by atoms with E-state index in [4.69, 9.17) is 0 Å². The van der Waals surface area contributed by atoms with E-state index in [1.807, 2.05) is 18.7 Å². The molecule has 0 radical (unpaired) electrons. The molecular weight excluding hydrogens is 266 g/mol. The molecule has 2 unspecified atom stereocenters. The highest BCUT2D eigenvalue weighted by Crippen LogP contribution is 2.33. The SMILES string of the molecule is CC1NC(=O)C(C(C)C)N(CC2(C)CCN(C)CC2)C1=O. The van der Waals surface area contributed by atoms with E-state index in [0.29, 0.717) is 6.54 Å². The summed E-state index contributed by atoms with van der Waals surface area (Å²) < 4.78 is 0. The van der Waals surface area contributed by atoms with Gasteiger partial charge in [0.15, 0.2) is 0 Å². The van der Waals surface area contributed by atoms with Crippen molar-refractivity contribution in [3.63, 3.8) is 0 Å². The smallest absolute Gasteiger partial charge is 0.245 e. The maximum atomic E-state index is 12.6. The van der Waals surface area contributed by atoms with Crippen molar-refractivity contribution in [1.29, 1.82) is 0 Å². The Balaban J connectivity index is 2.17. The Morgan fingerprint density at radius 2 is 1.86 bits per heavy atom. The highest BCUT2D eigenvalue weighted by atomic mass is 16.2.